The van der Waals surface area contributed by atoms with Crippen molar-refractivity contribution >= 4 is 17.4 Å². The molecule has 0 spiro atoms. The molecule has 0 fully saturated rings. The molecule has 8 heteroatoms. The van der Waals surface area contributed by atoms with E-state index in [0.29, 0.717) is 41.9 Å². The zero-order valence-corrected chi connectivity index (χ0v) is 14.9. The Morgan fingerprint density at radius 3 is 2.52 bits per heavy atom. The molecule has 0 unspecified atom stereocenters. The molecule has 0 heterocycles. The highest BCUT2D eigenvalue weighted by Gasteiger charge is 2.29. The molecule has 3 rings (SSSR count). The first-order valence-electron chi connectivity index (χ1n) is 8.32. The molecule has 0 radical (unpaired) electrons. The largest absolute Gasteiger partial charge is 0.496 e. The van der Waals surface area contributed by atoms with Gasteiger partial charge in [0.1, 0.15) is 11.3 Å². The molecule has 0 aromatic heterocycles. The van der Waals surface area contributed by atoms with Gasteiger partial charge < -0.3 is 14.3 Å². The molecule has 0 bridgehead atoms. The van der Waals surface area contributed by atoms with Gasteiger partial charge in [0, 0.05) is 11.1 Å². The third-order valence-electron chi connectivity index (χ3n) is 4.37. The Bertz CT molecular complexity index is 922. The second kappa shape index (κ2) is 7.86. The van der Waals surface area contributed by atoms with Gasteiger partial charge in [0.05, 0.1) is 24.9 Å². The van der Waals surface area contributed by atoms with Crippen LogP contribution in [0.4, 0.5) is 5.69 Å². The predicted molar refractivity (Wildman–Crippen MR) is 97.5 cm³/mol. The van der Waals surface area contributed by atoms with Gasteiger partial charge in [-0.25, -0.2) is 4.79 Å². The third-order valence-corrected chi connectivity index (χ3v) is 4.37. The van der Waals surface area contributed by atoms with Gasteiger partial charge in [0.15, 0.2) is 5.75 Å². The molecule has 0 N–H and O–H groups in total. The molecule has 0 aliphatic heterocycles. The van der Waals surface area contributed by atoms with Crippen molar-refractivity contribution in [2.75, 3.05) is 14.2 Å². The fourth-order valence-electron chi connectivity index (χ4n) is 3.12. The van der Waals surface area contributed by atoms with E-state index in [1.807, 2.05) is 0 Å². The van der Waals surface area contributed by atoms with E-state index in [2.05, 4.69) is 5.16 Å². The van der Waals surface area contributed by atoms with Crippen LogP contribution in [0.3, 0.4) is 0 Å². The molecule has 0 saturated heterocycles. The number of carbonyl (C=O) groups is 1. The number of ether oxygens (including phenoxy) is 2. The topological polar surface area (TPSA) is 100 Å². The van der Waals surface area contributed by atoms with Crippen molar-refractivity contribution in [1.82, 2.24) is 0 Å². The van der Waals surface area contributed by atoms with E-state index in [0.717, 1.165) is 0 Å². The van der Waals surface area contributed by atoms with Crippen LogP contribution < -0.4 is 9.47 Å². The minimum Gasteiger partial charge on any atom is -0.496 e. The van der Waals surface area contributed by atoms with Crippen LogP contribution in [0.5, 0.6) is 11.5 Å². The van der Waals surface area contributed by atoms with E-state index in [-0.39, 0.29) is 17.0 Å². The van der Waals surface area contributed by atoms with Crippen LogP contribution in [0.25, 0.3) is 0 Å². The molecule has 8 nitrogen and oxygen atoms in total. The lowest BCUT2D eigenvalue weighted by atomic mass is 9.88. The van der Waals surface area contributed by atoms with Gasteiger partial charge >= 0.3 is 11.7 Å². The van der Waals surface area contributed by atoms with Crippen LogP contribution in [0.2, 0.25) is 0 Å². The molecule has 1 aliphatic rings. The third kappa shape index (κ3) is 3.59. The summed E-state index contributed by atoms with van der Waals surface area (Å²) in [7, 11) is 2.85. The van der Waals surface area contributed by atoms with Crippen molar-refractivity contribution in [2.45, 2.75) is 19.3 Å². The minimum atomic E-state index is -0.657. The molecule has 2 aromatic rings. The van der Waals surface area contributed by atoms with Crippen LogP contribution in [-0.4, -0.2) is 30.8 Å². The van der Waals surface area contributed by atoms with E-state index >= 15 is 0 Å². The Balaban J connectivity index is 1.93. The molecule has 2 aromatic carbocycles. The van der Waals surface area contributed by atoms with E-state index in [1.165, 1.54) is 20.3 Å². The number of hydrogen-bond donors (Lipinski definition) is 0. The van der Waals surface area contributed by atoms with Crippen LogP contribution in [0.1, 0.15) is 34.3 Å². The maximum Gasteiger partial charge on any atom is 0.369 e. The number of fused-ring (bicyclic) bond motifs is 1. The van der Waals surface area contributed by atoms with Crippen molar-refractivity contribution in [2.24, 2.45) is 5.16 Å². The standard InChI is InChI=1S/C19H18N2O6/c1-25-16-9-4-3-6-14(16)19(22)27-20-15-8-5-7-13-12(15)10-11-17(26-2)18(13)21(23)24/h3-4,6,9-11H,5,7-8H2,1-2H3/b20-15+. The van der Waals surface area contributed by atoms with Gasteiger partial charge in [0.2, 0.25) is 0 Å². The van der Waals surface area contributed by atoms with E-state index in [4.69, 9.17) is 14.3 Å². The predicted octanol–water partition coefficient (Wildman–Crippen LogP) is 3.51. The molecular formula is C19H18N2O6. The van der Waals surface area contributed by atoms with E-state index in [9.17, 15) is 14.9 Å². The number of hydrogen-bond acceptors (Lipinski definition) is 7. The number of oxime groups is 1. The molecular weight excluding hydrogens is 352 g/mol. The number of carbonyl (C=O) groups excluding carboxylic acids is 1. The summed E-state index contributed by atoms with van der Waals surface area (Å²) in [5.41, 5.74) is 1.81. The van der Waals surface area contributed by atoms with Crippen molar-refractivity contribution in [1.29, 1.82) is 0 Å². The van der Waals surface area contributed by atoms with Gasteiger partial charge in [-0.15, -0.1) is 0 Å². The maximum absolute atomic E-state index is 12.3. The summed E-state index contributed by atoms with van der Waals surface area (Å²) < 4.78 is 10.3. The van der Waals surface area contributed by atoms with Crippen molar-refractivity contribution < 1.29 is 24.0 Å². The monoisotopic (exact) mass is 370 g/mol. The van der Waals surface area contributed by atoms with Crippen LogP contribution in [-0.2, 0) is 11.3 Å². The average Bonchev–Trinajstić information content (AvgIpc) is 2.70. The fourth-order valence-corrected chi connectivity index (χ4v) is 3.12. The van der Waals surface area contributed by atoms with Crippen molar-refractivity contribution in [3.63, 3.8) is 0 Å². The van der Waals surface area contributed by atoms with Crippen LogP contribution in [0.15, 0.2) is 41.6 Å². The second-order valence-corrected chi connectivity index (χ2v) is 5.87. The van der Waals surface area contributed by atoms with Crippen LogP contribution in [0, 0.1) is 10.1 Å². The summed E-state index contributed by atoms with van der Waals surface area (Å²) in [6, 6.07) is 9.89. The summed E-state index contributed by atoms with van der Waals surface area (Å²) in [5, 5.41) is 15.4. The summed E-state index contributed by atoms with van der Waals surface area (Å²) in [5.74, 6) is -0.0757. The summed E-state index contributed by atoms with van der Waals surface area (Å²) in [6.07, 6.45) is 1.74. The molecule has 27 heavy (non-hydrogen) atoms. The Labute approximate surface area is 155 Å². The number of para-hydroxylation sites is 1. The smallest absolute Gasteiger partial charge is 0.369 e. The Morgan fingerprint density at radius 2 is 1.81 bits per heavy atom. The van der Waals surface area contributed by atoms with Gasteiger partial charge in [-0.05, 0) is 43.5 Å². The highest BCUT2D eigenvalue weighted by Crippen LogP contribution is 2.37. The quantitative estimate of drug-likeness (QED) is 0.454. The fraction of sp³-hybridized carbons (Fsp3) is 0.263. The van der Waals surface area contributed by atoms with E-state index < -0.39 is 10.9 Å². The van der Waals surface area contributed by atoms with Gasteiger partial charge in [-0.2, -0.15) is 0 Å². The lowest BCUT2D eigenvalue weighted by Crippen LogP contribution is -2.16. The SMILES string of the molecule is COc1ccccc1C(=O)O/N=C1\CCCc2c1ccc(OC)c2[N+](=O)[O-]. The number of nitro groups is 1. The number of nitrogens with zero attached hydrogens (tertiary/aromatic N) is 2. The van der Waals surface area contributed by atoms with Crippen LogP contribution >= 0.6 is 0 Å². The van der Waals surface area contributed by atoms with Gasteiger partial charge in [0.25, 0.3) is 0 Å². The molecule has 140 valence electrons. The molecule has 0 saturated carbocycles. The first-order chi connectivity index (χ1) is 13.1. The summed E-state index contributed by atoms with van der Waals surface area (Å²) in [4.78, 5) is 28.4. The highest BCUT2D eigenvalue weighted by atomic mass is 16.7. The van der Waals surface area contributed by atoms with Gasteiger partial charge in [-0.3, -0.25) is 10.1 Å². The zero-order valence-electron chi connectivity index (χ0n) is 14.9. The Morgan fingerprint density at radius 1 is 1.07 bits per heavy atom. The number of rotatable bonds is 5. The van der Waals surface area contributed by atoms with E-state index in [1.54, 1.807) is 30.3 Å². The first kappa shape index (κ1) is 18.4. The minimum absolute atomic E-state index is 0.0709. The van der Waals surface area contributed by atoms with Gasteiger partial charge in [-0.1, -0.05) is 17.3 Å². The lowest BCUT2D eigenvalue weighted by molar-refractivity contribution is -0.386. The molecule has 1 aliphatic carbocycles. The second-order valence-electron chi connectivity index (χ2n) is 5.87. The lowest BCUT2D eigenvalue weighted by Gasteiger charge is -2.18. The normalized spacial score (nSPS) is 14.4. The Kier molecular flexibility index (Phi) is 5.35. The number of methoxy groups -OCH3 is 2. The summed E-state index contributed by atoms with van der Waals surface area (Å²) >= 11 is 0. The average molecular weight is 370 g/mol. The molecule has 0 amide bonds. The number of nitro benzene ring substituents is 1. The van der Waals surface area contributed by atoms with Crippen molar-refractivity contribution in [3.05, 3.63) is 63.2 Å². The Hall–Kier alpha value is -3.42. The summed E-state index contributed by atoms with van der Waals surface area (Å²) in [6.45, 7) is 0. The highest BCUT2D eigenvalue weighted by molar-refractivity contribution is 6.04. The molecule has 0 atom stereocenters. The first-order valence-corrected chi connectivity index (χ1v) is 8.32. The zero-order chi connectivity index (χ0) is 19.4. The van der Waals surface area contributed by atoms with Crippen molar-refractivity contribution in [3.8, 4) is 11.5 Å². The maximum atomic E-state index is 12.3. The number of benzene rings is 2.